The lowest BCUT2D eigenvalue weighted by Gasteiger charge is -2.20. The molecule has 0 N–H and O–H groups in total. The number of rotatable bonds is 9. The standard InChI is InChI=1S/C25H30O4/c1-25(2,3)29-24(27)22(19-28-23(26)21-16-10-6-11-17-21)18-12-5-9-15-20-13-7-4-8-14-20/h4,6-8,10-11,13-14,16-18H,5,9,12,15,19H2,1-3H3/b22-18-. The summed E-state index contributed by atoms with van der Waals surface area (Å²) in [6.07, 6.45) is 5.51. The van der Waals surface area contributed by atoms with E-state index in [1.54, 1.807) is 24.3 Å². The first-order valence-electron chi connectivity index (χ1n) is 10.0. The first kappa shape index (κ1) is 22.4. The van der Waals surface area contributed by atoms with E-state index in [9.17, 15) is 9.59 Å². The van der Waals surface area contributed by atoms with E-state index in [0.717, 1.165) is 25.7 Å². The van der Waals surface area contributed by atoms with Crippen LogP contribution >= 0.6 is 0 Å². The summed E-state index contributed by atoms with van der Waals surface area (Å²) in [4.78, 5) is 24.7. The molecule has 0 fully saturated rings. The van der Waals surface area contributed by atoms with Crippen LogP contribution in [0.25, 0.3) is 0 Å². The summed E-state index contributed by atoms with van der Waals surface area (Å²) in [7, 11) is 0. The third-order valence-electron chi connectivity index (χ3n) is 4.18. The van der Waals surface area contributed by atoms with E-state index in [4.69, 9.17) is 9.47 Å². The number of aryl methyl sites for hydroxylation is 1. The summed E-state index contributed by atoms with van der Waals surface area (Å²) in [5.74, 6) is -0.898. The Morgan fingerprint density at radius 1 is 0.897 bits per heavy atom. The van der Waals surface area contributed by atoms with E-state index in [-0.39, 0.29) is 6.61 Å². The van der Waals surface area contributed by atoms with Crippen molar-refractivity contribution in [3.63, 3.8) is 0 Å². The summed E-state index contributed by atoms with van der Waals surface area (Å²) in [6.45, 7) is 5.36. The van der Waals surface area contributed by atoms with E-state index in [1.807, 2.05) is 51.1 Å². The zero-order valence-corrected chi connectivity index (χ0v) is 17.5. The Balaban J connectivity index is 1.91. The van der Waals surface area contributed by atoms with Crippen molar-refractivity contribution >= 4 is 11.9 Å². The molecule has 0 unspecified atom stereocenters. The molecule has 0 aliphatic heterocycles. The van der Waals surface area contributed by atoms with Crippen LogP contribution in [-0.4, -0.2) is 24.1 Å². The zero-order valence-electron chi connectivity index (χ0n) is 17.5. The molecule has 154 valence electrons. The summed E-state index contributed by atoms with van der Waals surface area (Å²) in [5.41, 5.74) is 1.54. The van der Waals surface area contributed by atoms with Gasteiger partial charge in [0.15, 0.2) is 0 Å². The van der Waals surface area contributed by atoms with E-state index in [1.165, 1.54) is 5.56 Å². The number of carbonyl (C=O) groups excluding carboxylic acids is 2. The van der Waals surface area contributed by atoms with Crippen LogP contribution in [0.2, 0.25) is 0 Å². The molecule has 0 amide bonds. The number of unbranched alkanes of at least 4 members (excludes halogenated alkanes) is 2. The molecule has 0 saturated carbocycles. The van der Waals surface area contributed by atoms with Gasteiger partial charge < -0.3 is 9.47 Å². The molecule has 0 atom stereocenters. The van der Waals surface area contributed by atoms with E-state index in [0.29, 0.717) is 11.1 Å². The number of carbonyl (C=O) groups is 2. The Hall–Kier alpha value is -2.88. The van der Waals surface area contributed by atoms with E-state index < -0.39 is 17.5 Å². The van der Waals surface area contributed by atoms with Gasteiger partial charge in [0.1, 0.15) is 12.2 Å². The van der Waals surface area contributed by atoms with Crippen molar-refractivity contribution in [3.05, 3.63) is 83.4 Å². The maximum atomic E-state index is 12.5. The maximum absolute atomic E-state index is 12.5. The van der Waals surface area contributed by atoms with Crippen LogP contribution in [0.3, 0.4) is 0 Å². The minimum atomic E-state index is -0.604. The second-order valence-corrected chi connectivity index (χ2v) is 7.90. The molecule has 0 aliphatic carbocycles. The third-order valence-corrected chi connectivity index (χ3v) is 4.18. The predicted molar refractivity (Wildman–Crippen MR) is 115 cm³/mol. The van der Waals surface area contributed by atoms with Gasteiger partial charge >= 0.3 is 11.9 Å². The van der Waals surface area contributed by atoms with Crippen molar-refractivity contribution in [2.24, 2.45) is 0 Å². The number of esters is 2. The Kier molecular flexibility index (Phi) is 8.66. The van der Waals surface area contributed by atoms with Crippen molar-refractivity contribution < 1.29 is 19.1 Å². The smallest absolute Gasteiger partial charge is 0.338 e. The number of ether oxygens (including phenoxy) is 2. The molecule has 2 aromatic rings. The fourth-order valence-corrected chi connectivity index (χ4v) is 2.74. The Morgan fingerprint density at radius 3 is 2.14 bits per heavy atom. The number of hydrogen-bond donors (Lipinski definition) is 0. The minimum absolute atomic E-state index is 0.0959. The highest BCUT2D eigenvalue weighted by Gasteiger charge is 2.21. The Bertz CT molecular complexity index is 802. The quantitative estimate of drug-likeness (QED) is 0.319. The predicted octanol–water partition coefficient (Wildman–Crippen LogP) is 5.52. The van der Waals surface area contributed by atoms with Crippen molar-refractivity contribution in [1.29, 1.82) is 0 Å². The van der Waals surface area contributed by atoms with Gasteiger partial charge in [0, 0.05) is 0 Å². The first-order chi connectivity index (χ1) is 13.8. The molecule has 0 radical (unpaired) electrons. The molecular formula is C25H30O4. The van der Waals surface area contributed by atoms with Crippen molar-refractivity contribution in [3.8, 4) is 0 Å². The monoisotopic (exact) mass is 394 g/mol. The summed E-state index contributed by atoms with van der Waals surface area (Å²) in [5, 5.41) is 0. The Morgan fingerprint density at radius 2 is 1.52 bits per heavy atom. The van der Waals surface area contributed by atoms with Crippen LogP contribution in [0.5, 0.6) is 0 Å². The SMILES string of the molecule is CC(C)(C)OC(=O)/C(=C\CCCCc1ccccc1)COC(=O)c1ccccc1. The molecule has 0 heterocycles. The summed E-state index contributed by atoms with van der Waals surface area (Å²) in [6, 6.07) is 19.1. The lowest BCUT2D eigenvalue weighted by atomic mass is 10.1. The van der Waals surface area contributed by atoms with Crippen LogP contribution in [0.15, 0.2) is 72.3 Å². The highest BCUT2D eigenvalue weighted by Crippen LogP contribution is 2.14. The van der Waals surface area contributed by atoms with Crippen molar-refractivity contribution in [1.82, 2.24) is 0 Å². The van der Waals surface area contributed by atoms with Gasteiger partial charge in [0.2, 0.25) is 0 Å². The highest BCUT2D eigenvalue weighted by atomic mass is 16.6. The topological polar surface area (TPSA) is 52.6 Å². The van der Waals surface area contributed by atoms with Crippen LogP contribution in [0, 0.1) is 0 Å². The van der Waals surface area contributed by atoms with Crippen molar-refractivity contribution in [2.45, 2.75) is 52.1 Å². The zero-order chi connectivity index (χ0) is 21.1. The first-order valence-corrected chi connectivity index (χ1v) is 10.0. The van der Waals surface area contributed by atoms with Gasteiger partial charge in [-0.2, -0.15) is 0 Å². The van der Waals surface area contributed by atoms with Gasteiger partial charge in [-0.15, -0.1) is 0 Å². The number of benzene rings is 2. The van der Waals surface area contributed by atoms with Gasteiger partial charge in [0.05, 0.1) is 11.1 Å². The maximum Gasteiger partial charge on any atom is 0.338 e. The molecular weight excluding hydrogens is 364 g/mol. The lowest BCUT2D eigenvalue weighted by molar-refractivity contribution is -0.150. The molecule has 0 aromatic heterocycles. The normalized spacial score (nSPS) is 11.8. The number of allylic oxidation sites excluding steroid dienone is 1. The fourth-order valence-electron chi connectivity index (χ4n) is 2.74. The van der Waals surface area contributed by atoms with Crippen molar-refractivity contribution in [2.75, 3.05) is 6.61 Å². The molecule has 2 aromatic carbocycles. The second-order valence-electron chi connectivity index (χ2n) is 7.90. The molecule has 29 heavy (non-hydrogen) atoms. The second kappa shape index (κ2) is 11.2. The molecule has 0 spiro atoms. The van der Waals surface area contributed by atoms with Crippen LogP contribution in [0.4, 0.5) is 0 Å². The van der Waals surface area contributed by atoms with Crippen LogP contribution < -0.4 is 0 Å². The van der Waals surface area contributed by atoms with Gasteiger partial charge in [-0.05, 0) is 64.2 Å². The lowest BCUT2D eigenvalue weighted by Crippen LogP contribution is -2.26. The number of hydrogen-bond acceptors (Lipinski definition) is 4. The average molecular weight is 395 g/mol. The molecule has 4 heteroatoms. The molecule has 0 aliphatic rings. The average Bonchev–Trinajstić information content (AvgIpc) is 2.69. The largest absolute Gasteiger partial charge is 0.457 e. The summed E-state index contributed by atoms with van der Waals surface area (Å²) >= 11 is 0. The van der Waals surface area contributed by atoms with Crippen LogP contribution in [0.1, 0.15) is 56.0 Å². The third kappa shape index (κ3) is 8.77. The molecule has 4 nitrogen and oxygen atoms in total. The molecule has 0 saturated heterocycles. The molecule has 0 bridgehead atoms. The van der Waals surface area contributed by atoms with Gasteiger partial charge in [-0.3, -0.25) is 0 Å². The minimum Gasteiger partial charge on any atom is -0.457 e. The summed E-state index contributed by atoms with van der Waals surface area (Å²) < 4.78 is 10.8. The van der Waals surface area contributed by atoms with Gasteiger partial charge in [-0.25, -0.2) is 9.59 Å². The van der Waals surface area contributed by atoms with Gasteiger partial charge in [-0.1, -0.05) is 54.6 Å². The molecule has 2 rings (SSSR count). The van der Waals surface area contributed by atoms with Gasteiger partial charge in [0.25, 0.3) is 0 Å². The van der Waals surface area contributed by atoms with E-state index >= 15 is 0 Å². The van der Waals surface area contributed by atoms with E-state index in [2.05, 4.69) is 12.1 Å². The van der Waals surface area contributed by atoms with Crippen LogP contribution in [-0.2, 0) is 20.7 Å². The highest BCUT2D eigenvalue weighted by molar-refractivity contribution is 5.92. The fraction of sp³-hybridized carbons (Fsp3) is 0.360. The Labute approximate surface area is 173 Å².